The van der Waals surface area contributed by atoms with E-state index < -0.39 is 0 Å². The fourth-order valence-electron chi connectivity index (χ4n) is 3.38. The van der Waals surface area contributed by atoms with Crippen molar-refractivity contribution < 1.29 is 4.79 Å². The van der Waals surface area contributed by atoms with Crippen LogP contribution in [0.3, 0.4) is 0 Å². The molecular formula is C19H20N4O. The lowest BCUT2D eigenvalue weighted by atomic mass is 10.1. The fourth-order valence-corrected chi connectivity index (χ4v) is 3.38. The first-order valence-corrected chi connectivity index (χ1v) is 8.32. The van der Waals surface area contributed by atoms with Crippen LogP contribution in [-0.4, -0.2) is 32.3 Å². The van der Waals surface area contributed by atoms with Gasteiger partial charge in [0.2, 0.25) is 0 Å². The molecule has 1 aromatic carbocycles. The lowest BCUT2D eigenvalue weighted by molar-refractivity contribution is 0.0724. The van der Waals surface area contributed by atoms with Gasteiger partial charge in [-0.05, 0) is 62.1 Å². The minimum Gasteiger partial charge on any atom is -0.340 e. The zero-order chi connectivity index (χ0) is 16.7. The Hall–Kier alpha value is -2.69. The number of aromatic amines is 1. The number of aromatic nitrogens is 3. The van der Waals surface area contributed by atoms with Crippen molar-refractivity contribution in [1.29, 1.82) is 0 Å². The van der Waals surface area contributed by atoms with Crippen molar-refractivity contribution in [3.05, 3.63) is 59.2 Å². The molecule has 1 aliphatic rings. The molecule has 122 valence electrons. The number of likely N-dealkylation sites (tertiary alicyclic amines) is 1. The van der Waals surface area contributed by atoms with Crippen LogP contribution >= 0.6 is 0 Å². The average Bonchev–Trinajstić information content (AvgIpc) is 3.22. The minimum atomic E-state index is -0.0223. The number of nitrogens with zero attached hydrogens (tertiary/aromatic N) is 3. The van der Waals surface area contributed by atoms with Crippen LogP contribution in [0.15, 0.2) is 36.5 Å². The second-order valence-corrected chi connectivity index (χ2v) is 6.45. The maximum absolute atomic E-state index is 12.8. The predicted octanol–water partition coefficient (Wildman–Crippen LogP) is 3.55. The number of carbonyl (C=O) groups excluding carboxylic acids is 1. The van der Waals surface area contributed by atoms with E-state index in [-0.39, 0.29) is 11.9 Å². The molecule has 5 nitrogen and oxygen atoms in total. The summed E-state index contributed by atoms with van der Waals surface area (Å²) >= 11 is 0. The number of imidazole rings is 1. The highest BCUT2D eigenvalue weighted by Gasteiger charge is 2.33. The summed E-state index contributed by atoms with van der Waals surface area (Å²) in [4.78, 5) is 27.0. The molecule has 0 spiro atoms. The number of fused-ring (bicyclic) bond motifs is 1. The third kappa shape index (κ3) is 2.46. The van der Waals surface area contributed by atoms with E-state index in [1.54, 1.807) is 12.3 Å². The predicted molar refractivity (Wildman–Crippen MR) is 92.8 cm³/mol. The molecular weight excluding hydrogens is 300 g/mol. The lowest BCUT2D eigenvalue weighted by Crippen LogP contribution is -2.31. The number of benzene rings is 1. The Kier molecular flexibility index (Phi) is 3.56. The van der Waals surface area contributed by atoms with Gasteiger partial charge < -0.3 is 9.88 Å². The number of rotatable bonds is 2. The van der Waals surface area contributed by atoms with Crippen molar-refractivity contribution in [2.45, 2.75) is 32.7 Å². The molecule has 1 atom stereocenters. The number of pyridine rings is 1. The van der Waals surface area contributed by atoms with Crippen LogP contribution in [0.4, 0.5) is 0 Å². The summed E-state index contributed by atoms with van der Waals surface area (Å²) in [5, 5.41) is 0. The topological polar surface area (TPSA) is 61.9 Å². The molecule has 0 bridgehead atoms. The first-order chi connectivity index (χ1) is 11.6. The highest BCUT2D eigenvalue weighted by molar-refractivity contribution is 5.92. The van der Waals surface area contributed by atoms with Crippen LogP contribution in [0.1, 0.15) is 46.3 Å². The van der Waals surface area contributed by atoms with E-state index in [9.17, 15) is 4.79 Å². The molecule has 24 heavy (non-hydrogen) atoms. The van der Waals surface area contributed by atoms with Crippen LogP contribution in [0, 0.1) is 13.8 Å². The monoisotopic (exact) mass is 320 g/mol. The van der Waals surface area contributed by atoms with Crippen molar-refractivity contribution in [2.75, 3.05) is 6.54 Å². The van der Waals surface area contributed by atoms with Gasteiger partial charge in [-0.1, -0.05) is 6.07 Å². The van der Waals surface area contributed by atoms with E-state index in [1.165, 1.54) is 11.1 Å². The van der Waals surface area contributed by atoms with E-state index in [0.717, 1.165) is 36.2 Å². The van der Waals surface area contributed by atoms with Gasteiger partial charge in [0.1, 0.15) is 11.5 Å². The number of amides is 1. The van der Waals surface area contributed by atoms with E-state index in [0.29, 0.717) is 5.69 Å². The number of nitrogens with one attached hydrogen (secondary N) is 1. The zero-order valence-corrected chi connectivity index (χ0v) is 13.9. The van der Waals surface area contributed by atoms with Crippen LogP contribution in [0.2, 0.25) is 0 Å². The quantitative estimate of drug-likeness (QED) is 0.785. The van der Waals surface area contributed by atoms with Gasteiger partial charge in [0.25, 0.3) is 5.91 Å². The van der Waals surface area contributed by atoms with E-state index in [1.807, 2.05) is 17.0 Å². The molecule has 0 unspecified atom stereocenters. The average molecular weight is 320 g/mol. The summed E-state index contributed by atoms with van der Waals surface area (Å²) in [5.74, 6) is 0.850. The van der Waals surface area contributed by atoms with E-state index in [2.05, 4.69) is 35.9 Å². The third-order valence-electron chi connectivity index (χ3n) is 4.83. The molecule has 1 aliphatic heterocycles. The normalized spacial score (nSPS) is 17.6. The number of H-pyrrole nitrogens is 1. The zero-order valence-electron chi connectivity index (χ0n) is 13.9. The maximum Gasteiger partial charge on any atom is 0.273 e. The van der Waals surface area contributed by atoms with E-state index >= 15 is 0 Å². The van der Waals surface area contributed by atoms with Gasteiger partial charge in [-0.2, -0.15) is 0 Å². The smallest absolute Gasteiger partial charge is 0.273 e. The summed E-state index contributed by atoms with van der Waals surface area (Å²) in [7, 11) is 0. The van der Waals surface area contributed by atoms with Crippen LogP contribution < -0.4 is 0 Å². The first-order valence-electron chi connectivity index (χ1n) is 8.32. The molecule has 1 saturated heterocycles. The molecule has 3 aromatic rings. The lowest BCUT2D eigenvalue weighted by Gasteiger charge is -2.22. The molecule has 1 amide bonds. The number of aryl methyl sites for hydroxylation is 2. The summed E-state index contributed by atoms with van der Waals surface area (Å²) in [6, 6.07) is 9.65. The molecule has 0 saturated carbocycles. The van der Waals surface area contributed by atoms with Gasteiger partial charge in [-0.25, -0.2) is 4.98 Å². The van der Waals surface area contributed by atoms with Crippen molar-refractivity contribution in [1.82, 2.24) is 19.9 Å². The summed E-state index contributed by atoms with van der Waals surface area (Å²) < 4.78 is 0. The Balaban J connectivity index is 1.69. The summed E-state index contributed by atoms with van der Waals surface area (Å²) in [6.45, 7) is 4.94. The third-order valence-corrected chi connectivity index (χ3v) is 4.83. The van der Waals surface area contributed by atoms with Crippen LogP contribution in [0.5, 0.6) is 0 Å². The van der Waals surface area contributed by atoms with Gasteiger partial charge in [-0.3, -0.25) is 9.78 Å². The Bertz CT molecular complexity index is 861. The molecule has 5 heteroatoms. The second-order valence-electron chi connectivity index (χ2n) is 6.45. The maximum atomic E-state index is 12.8. The molecule has 0 radical (unpaired) electrons. The highest BCUT2D eigenvalue weighted by Crippen LogP contribution is 2.32. The van der Waals surface area contributed by atoms with Crippen LogP contribution in [0.25, 0.3) is 11.0 Å². The molecule has 4 rings (SSSR count). The number of hydrogen-bond donors (Lipinski definition) is 1. The number of hydrogen-bond acceptors (Lipinski definition) is 3. The highest BCUT2D eigenvalue weighted by atomic mass is 16.2. The van der Waals surface area contributed by atoms with Gasteiger partial charge in [0, 0.05) is 12.7 Å². The first kappa shape index (κ1) is 14.9. The minimum absolute atomic E-state index is 0.00693. The van der Waals surface area contributed by atoms with Crippen molar-refractivity contribution in [3.63, 3.8) is 0 Å². The molecule has 0 aliphatic carbocycles. The number of carbonyl (C=O) groups is 1. The molecule has 1 N–H and O–H groups in total. The SMILES string of the molecule is Cc1cc2nc([C@H]3CCCN3C(=O)c3ccccn3)[nH]c2cc1C. The standard InChI is InChI=1S/C19H20N4O/c1-12-10-15-16(11-13(12)2)22-18(21-15)17-7-5-9-23(17)19(24)14-6-3-4-8-20-14/h3-4,6,8,10-11,17H,5,7,9H2,1-2H3,(H,21,22)/t17-/m1/s1. The van der Waals surface area contributed by atoms with E-state index in [4.69, 9.17) is 4.98 Å². The second kappa shape index (κ2) is 5.74. The summed E-state index contributed by atoms with van der Waals surface area (Å²) in [5.41, 5.74) is 4.96. The Morgan fingerprint density at radius 2 is 2.08 bits per heavy atom. The summed E-state index contributed by atoms with van der Waals surface area (Å²) in [6.07, 6.45) is 3.57. The largest absolute Gasteiger partial charge is 0.340 e. The Labute approximate surface area is 140 Å². The van der Waals surface area contributed by atoms with Crippen molar-refractivity contribution in [2.24, 2.45) is 0 Å². The van der Waals surface area contributed by atoms with Crippen molar-refractivity contribution in [3.8, 4) is 0 Å². The van der Waals surface area contributed by atoms with Crippen molar-refractivity contribution >= 4 is 16.9 Å². The van der Waals surface area contributed by atoms with Gasteiger partial charge in [-0.15, -0.1) is 0 Å². The molecule has 2 aromatic heterocycles. The van der Waals surface area contributed by atoms with Gasteiger partial charge in [0.15, 0.2) is 0 Å². The van der Waals surface area contributed by atoms with Gasteiger partial charge in [0.05, 0.1) is 17.1 Å². The molecule has 3 heterocycles. The Morgan fingerprint density at radius 3 is 2.88 bits per heavy atom. The molecule has 1 fully saturated rings. The van der Waals surface area contributed by atoms with Crippen LogP contribution in [-0.2, 0) is 0 Å². The Morgan fingerprint density at radius 1 is 1.25 bits per heavy atom. The fraction of sp³-hybridized carbons (Fsp3) is 0.316. The van der Waals surface area contributed by atoms with Gasteiger partial charge >= 0.3 is 0 Å².